The van der Waals surface area contributed by atoms with Gasteiger partial charge in [-0.15, -0.1) is 0 Å². The molecule has 0 radical (unpaired) electrons. The minimum Gasteiger partial charge on any atom is -0.309 e. The molecule has 3 heterocycles. The number of aromatic nitrogens is 3. The first-order valence-electron chi connectivity index (χ1n) is 18.5. The largest absolute Gasteiger partial charge is 0.309 e. The third-order valence-electron chi connectivity index (χ3n) is 10.9. The zero-order valence-corrected chi connectivity index (χ0v) is 29.4. The lowest BCUT2D eigenvalue weighted by Crippen LogP contribution is -1.95. The van der Waals surface area contributed by atoms with Crippen LogP contribution in [0.15, 0.2) is 200 Å². The van der Waals surface area contributed by atoms with E-state index in [1.165, 1.54) is 71.2 Å². The Morgan fingerprint density at radius 2 is 0.796 bits per heavy atom. The topological polar surface area (TPSA) is 22.8 Å². The summed E-state index contributed by atoms with van der Waals surface area (Å²) in [6.45, 7) is 0. The molecule has 0 bridgehead atoms. The number of rotatable bonds is 5. The predicted molar refractivity (Wildman–Crippen MR) is 227 cm³/mol. The van der Waals surface area contributed by atoms with Crippen molar-refractivity contribution in [1.29, 1.82) is 0 Å². The van der Waals surface area contributed by atoms with E-state index in [0.717, 1.165) is 28.2 Å². The maximum absolute atomic E-state index is 5.07. The summed E-state index contributed by atoms with van der Waals surface area (Å²) in [5, 5.41) is 7.46. The summed E-state index contributed by atoms with van der Waals surface area (Å²) >= 11 is 0. The molecule has 3 heteroatoms. The molecule has 0 spiro atoms. The van der Waals surface area contributed by atoms with Gasteiger partial charge in [0.05, 0.1) is 33.5 Å². The number of para-hydroxylation sites is 2. The molecule has 11 aromatic rings. The van der Waals surface area contributed by atoms with E-state index >= 15 is 0 Å². The second-order valence-corrected chi connectivity index (χ2v) is 14.0. The van der Waals surface area contributed by atoms with Crippen molar-refractivity contribution >= 4 is 54.4 Å². The number of hydrogen-bond donors (Lipinski definition) is 0. The van der Waals surface area contributed by atoms with Gasteiger partial charge in [-0.25, -0.2) is 4.98 Å². The van der Waals surface area contributed by atoms with Crippen LogP contribution in [-0.4, -0.2) is 14.1 Å². The highest BCUT2D eigenvalue weighted by Crippen LogP contribution is 2.39. The van der Waals surface area contributed by atoms with Crippen molar-refractivity contribution in [3.8, 4) is 45.0 Å². The van der Waals surface area contributed by atoms with Crippen LogP contribution in [0.1, 0.15) is 0 Å². The van der Waals surface area contributed by atoms with Gasteiger partial charge in [0, 0.05) is 44.0 Å². The fraction of sp³-hybridized carbons (Fsp3) is 0. The Morgan fingerprint density at radius 1 is 0.278 bits per heavy atom. The Balaban J connectivity index is 1.03. The summed E-state index contributed by atoms with van der Waals surface area (Å²) in [5.41, 5.74) is 13.6. The van der Waals surface area contributed by atoms with Crippen molar-refractivity contribution in [2.75, 3.05) is 0 Å². The van der Waals surface area contributed by atoms with Crippen LogP contribution in [0.5, 0.6) is 0 Å². The highest BCUT2D eigenvalue weighted by Gasteiger charge is 2.17. The molecule has 0 saturated carbocycles. The molecule has 0 aliphatic heterocycles. The van der Waals surface area contributed by atoms with E-state index in [9.17, 15) is 0 Å². The number of hydrogen-bond acceptors (Lipinski definition) is 1. The van der Waals surface area contributed by atoms with Crippen LogP contribution in [-0.2, 0) is 0 Å². The van der Waals surface area contributed by atoms with Gasteiger partial charge in [-0.3, -0.25) is 0 Å². The fourth-order valence-corrected chi connectivity index (χ4v) is 8.35. The minimum atomic E-state index is 0.957. The van der Waals surface area contributed by atoms with E-state index in [0.29, 0.717) is 0 Å². The summed E-state index contributed by atoms with van der Waals surface area (Å²) in [5.74, 6) is 0. The van der Waals surface area contributed by atoms with E-state index in [-0.39, 0.29) is 0 Å². The Hall–Kier alpha value is -7.23. The van der Waals surface area contributed by atoms with Gasteiger partial charge in [0.15, 0.2) is 0 Å². The molecule has 0 fully saturated rings. The molecule has 252 valence electrons. The van der Waals surface area contributed by atoms with Gasteiger partial charge in [0.1, 0.15) is 0 Å². The van der Waals surface area contributed by atoms with Crippen molar-refractivity contribution in [2.24, 2.45) is 0 Å². The molecule has 11 rings (SSSR count). The standard InChI is InChI=1S/C51H33N3/c1-2-13-35(14-3-1)46-20-11-21-47(52-46)39-16-10-17-40(31-39)53-48-22-8-6-18-42(48)44-32-37(25-28-50(44)53)38-26-29-51-45(33-38)43-19-7-9-23-49(43)54(51)41-27-24-34-12-4-5-15-36(34)30-41/h1-33H. The minimum absolute atomic E-state index is 0.957. The number of fused-ring (bicyclic) bond motifs is 7. The average Bonchev–Trinajstić information content (AvgIpc) is 3.76. The Morgan fingerprint density at radius 3 is 1.48 bits per heavy atom. The van der Waals surface area contributed by atoms with E-state index in [1.807, 2.05) is 6.07 Å². The molecule has 3 nitrogen and oxygen atoms in total. The van der Waals surface area contributed by atoms with Crippen LogP contribution in [0.3, 0.4) is 0 Å². The first-order valence-corrected chi connectivity index (χ1v) is 18.5. The van der Waals surface area contributed by atoms with Gasteiger partial charge in [0.2, 0.25) is 0 Å². The number of nitrogens with zero attached hydrogens (tertiary/aromatic N) is 3. The van der Waals surface area contributed by atoms with Gasteiger partial charge < -0.3 is 9.13 Å². The van der Waals surface area contributed by atoms with Gasteiger partial charge >= 0.3 is 0 Å². The molecular formula is C51H33N3. The monoisotopic (exact) mass is 687 g/mol. The van der Waals surface area contributed by atoms with Crippen molar-refractivity contribution in [1.82, 2.24) is 14.1 Å². The fourth-order valence-electron chi connectivity index (χ4n) is 8.35. The quantitative estimate of drug-likeness (QED) is 0.177. The average molecular weight is 688 g/mol. The van der Waals surface area contributed by atoms with E-state index in [2.05, 4.69) is 203 Å². The molecule has 54 heavy (non-hydrogen) atoms. The van der Waals surface area contributed by atoms with Gasteiger partial charge in [0.25, 0.3) is 0 Å². The molecule has 0 aliphatic carbocycles. The Kier molecular flexibility index (Phi) is 6.86. The molecule has 0 amide bonds. The molecule has 3 aromatic heterocycles. The molecule has 0 atom stereocenters. The van der Waals surface area contributed by atoms with Crippen molar-refractivity contribution in [3.05, 3.63) is 200 Å². The zero-order chi connectivity index (χ0) is 35.6. The van der Waals surface area contributed by atoms with Crippen LogP contribution in [0.4, 0.5) is 0 Å². The maximum Gasteiger partial charge on any atom is 0.0710 e. The second kappa shape index (κ2) is 12.2. The summed E-state index contributed by atoms with van der Waals surface area (Å²) in [6, 6.07) is 72.1. The SMILES string of the molecule is c1ccc(-c2cccc(-c3cccc(-n4c5ccccc5c5cc(-c6ccc7c(c6)c6ccccc6n7-c6ccc7ccccc7c6)ccc54)c3)n2)cc1. The summed E-state index contributed by atoms with van der Waals surface area (Å²) in [6.07, 6.45) is 0. The van der Waals surface area contributed by atoms with Crippen LogP contribution in [0, 0.1) is 0 Å². The lowest BCUT2D eigenvalue weighted by Gasteiger charge is -2.11. The highest BCUT2D eigenvalue weighted by molar-refractivity contribution is 6.13. The zero-order valence-electron chi connectivity index (χ0n) is 29.4. The molecule has 0 unspecified atom stereocenters. The van der Waals surface area contributed by atoms with Crippen molar-refractivity contribution in [3.63, 3.8) is 0 Å². The van der Waals surface area contributed by atoms with E-state index in [1.54, 1.807) is 0 Å². The third kappa shape index (κ3) is 4.87. The maximum atomic E-state index is 5.07. The Bertz CT molecular complexity index is 3220. The first-order chi connectivity index (χ1) is 26.8. The summed E-state index contributed by atoms with van der Waals surface area (Å²) in [4.78, 5) is 5.07. The van der Waals surface area contributed by atoms with Gasteiger partial charge in [-0.05, 0) is 94.7 Å². The third-order valence-corrected chi connectivity index (χ3v) is 10.9. The van der Waals surface area contributed by atoms with Gasteiger partial charge in [-0.2, -0.15) is 0 Å². The number of benzene rings is 8. The molecular weight excluding hydrogens is 655 g/mol. The van der Waals surface area contributed by atoms with E-state index in [4.69, 9.17) is 4.98 Å². The van der Waals surface area contributed by atoms with Crippen molar-refractivity contribution < 1.29 is 0 Å². The van der Waals surface area contributed by atoms with Crippen LogP contribution in [0.2, 0.25) is 0 Å². The summed E-state index contributed by atoms with van der Waals surface area (Å²) < 4.78 is 4.79. The molecule has 0 N–H and O–H groups in total. The Labute approximate surface area is 312 Å². The highest BCUT2D eigenvalue weighted by atomic mass is 15.0. The summed E-state index contributed by atoms with van der Waals surface area (Å²) in [7, 11) is 0. The lowest BCUT2D eigenvalue weighted by atomic mass is 10.0. The molecule has 0 saturated heterocycles. The predicted octanol–water partition coefficient (Wildman–Crippen LogP) is 13.4. The number of pyridine rings is 1. The normalized spacial score (nSPS) is 11.7. The molecule has 8 aromatic carbocycles. The lowest BCUT2D eigenvalue weighted by molar-refractivity contribution is 1.18. The van der Waals surface area contributed by atoms with Crippen LogP contribution >= 0.6 is 0 Å². The van der Waals surface area contributed by atoms with Crippen molar-refractivity contribution in [2.45, 2.75) is 0 Å². The van der Waals surface area contributed by atoms with Gasteiger partial charge in [-0.1, -0.05) is 127 Å². The van der Waals surface area contributed by atoms with Crippen LogP contribution < -0.4 is 0 Å². The molecule has 0 aliphatic rings. The van der Waals surface area contributed by atoms with E-state index < -0.39 is 0 Å². The first kappa shape index (κ1) is 30.4. The second-order valence-electron chi connectivity index (χ2n) is 14.0. The smallest absolute Gasteiger partial charge is 0.0710 e. The van der Waals surface area contributed by atoms with Crippen LogP contribution in [0.25, 0.3) is 99.4 Å².